The van der Waals surface area contributed by atoms with Crippen molar-refractivity contribution in [1.82, 2.24) is 5.32 Å². The molecule has 0 saturated heterocycles. The molecule has 0 radical (unpaired) electrons. The maximum absolute atomic E-state index is 12.6. The number of aliphatic hydroxyl groups is 2. The van der Waals surface area contributed by atoms with Gasteiger partial charge in [0.15, 0.2) is 0 Å². The van der Waals surface area contributed by atoms with E-state index in [0.717, 1.165) is 51.4 Å². The normalized spacial score (nSPS) is 12.7. The first-order valence-electron chi connectivity index (χ1n) is 43.4. The lowest BCUT2D eigenvalue weighted by Gasteiger charge is -2.20. The standard InChI is InChI=1S/C89H169NO5/c1-3-5-7-9-11-13-15-17-19-21-22-23-24-40-43-46-50-53-57-61-65-69-73-77-81-87(92)86(85-91)90-88(93)82-78-74-70-66-62-58-54-51-47-44-41-38-36-34-32-30-28-26-25-27-29-31-33-35-37-39-42-45-48-52-56-60-64-68-72-76-80-84-95-89(94)83-79-75-71-67-63-59-55-49-20-18-16-14-12-10-8-6-4-2/h12,14,18,20,25,27,77,81,86-87,91-92H,3-11,13,15-17,19,21-24,26,28-76,78-80,82-85H2,1-2H3,(H,90,93)/b14-12-,20-18-,27-25-,81-77+. The van der Waals surface area contributed by atoms with Crippen LogP contribution in [0, 0.1) is 0 Å². The van der Waals surface area contributed by atoms with E-state index in [1.807, 2.05) is 6.08 Å². The van der Waals surface area contributed by atoms with E-state index in [4.69, 9.17) is 4.74 Å². The van der Waals surface area contributed by atoms with Gasteiger partial charge >= 0.3 is 5.97 Å². The Morgan fingerprint density at radius 2 is 0.526 bits per heavy atom. The van der Waals surface area contributed by atoms with Crippen molar-refractivity contribution in [2.45, 2.75) is 495 Å². The van der Waals surface area contributed by atoms with Gasteiger partial charge in [-0.15, -0.1) is 0 Å². The first-order valence-corrected chi connectivity index (χ1v) is 43.4. The highest BCUT2D eigenvalue weighted by Gasteiger charge is 2.18. The number of hydrogen-bond donors (Lipinski definition) is 3. The molecule has 0 aromatic carbocycles. The molecule has 0 fully saturated rings. The third-order valence-corrected chi connectivity index (χ3v) is 20.3. The van der Waals surface area contributed by atoms with Gasteiger partial charge in [-0.25, -0.2) is 0 Å². The SMILES string of the molecule is CCCCC/C=C\C/C=C\CCCCCCCCCC(=O)OCCCCCCCCCCCCCCCCCC/C=C\CCCCCCCCCCCCCCCCCCCC(=O)NC(CO)C(O)/C=C/CCCCCCCCCCCCCCCCCCCCCCCC. The maximum Gasteiger partial charge on any atom is 0.305 e. The Hall–Kier alpha value is -2.18. The topological polar surface area (TPSA) is 95.9 Å². The third kappa shape index (κ3) is 80.7. The van der Waals surface area contributed by atoms with Crippen LogP contribution in [0.1, 0.15) is 483 Å². The fourth-order valence-electron chi connectivity index (χ4n) is 13.7. The zero-order chi connectivity index (χ0) is 68.4. The van der Waals surface area contributed by atoms with Crippen LogP contribution in [0.4, 0.5) is 0 Å². The van der Waals surface area contributed by atoms with Crippen LogP contribution < -0.4 is 5.32 Å². The predicted molar refractivity (Wildman–Crippen MR) is 421 cm³/mol. The lowest BCUT2D eigenvalue weighted by atomic mass is 10.0. The molecule has 3 N–H and O–H groups in total. The number of amides is 1. The molecule has 6 heteroatoms. The van der Waals surface area contributed by atoms with E-state index in [-0.39, 0.29) is 18.5 Å². The van der Waals surface area contributed by atoms with E-state index >= 15 is 0 Å². The summed E-state index contributed by atoms with van der Waals surface area (Å²) in [5, 5.41) is 23.3. The minimum absolute atomic E-state index is 0.0141. The molecule has 6 nitrogen and oxygen atoms in total. The minimum atomic E-state index is -0.844. The van der Waals surface area contributed by atoms with Gasteiger partial charge in [0.1, 0.15) is 0 Å². The van der Waals surface area contributed by atoms with Gasteiger partial charge in [-0.2, -0.15) is 0 Å². The summed E-state index contributed by atoms with van der Waals surface area (Å²) in [5.74, 6) is -0.0446. The van der Waals surface area contributed by atoms with Crippen LogP contribution in [0.15, 0.2) is 48.6 Å². The number of esters is 1. The number of ether oxygens (including phenoxy) is 1. The molecule has 560 valence electrons. The average Bonchev–Trinajstić information content (AvgIpc) is 2.97. The van der Waals surface area contributed by atoms with Crippen molar-refractivity contribution in [1.29, 1.82) is 0 Å². The third-order valence-electron chi connectivity index (χ3n) is 20.3. The Balaban J connectivity index is 3.36. The molecule has 95 heavy (non-hydrogen) atoms. The van der Waals surface area contributed by atoms with E-state index in [0.29, 0.717) is 19.4 Å². The van der Waals surface area contributed by atoms with Crippen molar-refractivity contribution in [2.24, 2.45) is 0 Å². The zero-order valence-corrected chi connectivity index (χ0v) is 64.4. The van der Waals surface area contributed by atoms with Crippen molar-refractivity contribution in [3.05, 3.63) is 48.6 Å². The first-order chi connectivity index (χ1) is 47.0. The minimum Gasteiger partial charge on any atom is -0.466 e. The van der Waals surface area contributed by atoms with Gasteiger partial charge in [-0.3, -0.25) is 9.59 Å². The second kappa shape index (κ2) is 84.2. The molecule has 0 saturated carbocycles. The number of aliphatic hydroxyl groups excluding tert-OH is 2. The molecule has 1 amide bonds. The predicted octanol–water partition coefficient (Wildman–Crippen LogP) is 29.1. The molecule has 0 bridgehead atoms. The van der Waals surface area contributed by atoms with Gasteiger partial charge in [-0.1, -0.05) is 428 Å². The average molecular weight is 1330 g/mol. The summed E-state index contributed by atoms with van der Waals surface area (Å²) in [5.41, 5.74) is 0. The summed E-state index contributed by atoms with van der Waals surface area (Å²) in [4.78, 5) is 24.7. The summed E-state index contributed by atoms with van der Waals surface area (Å²) in [7, 11) is 0. The molecular formula is C89H169NO5. The fourth-order valence-corrected chi connectivity index (χ4v) is 13.7. The maximum atomic E-state index is 12.6. The second-order valence-corrected chi connectivity index (χ2v) is 29.9. The molecular weight excluding hydrogens is 1160 g/mol. The smallest absolute Gasteiger partial charge is 0.305 e. The number of carbonyl (C=O) groups is 2. The van der Waals surface area contributed by atoms with Gasteiger partial charge in [-0.05, 0) is 89.9 Å². The van der Waals surface area contributed by atoms with Crippen molar-refractivity contribution < 1.29 is 24.5 Å². The fraction of sp³-hybridized carbons (Fsp3) is 0.888. The Morgan fingerprint density at radius 3 is 0.832 bits per heavy atom. The molecule has 0 heterocycles. The summed E-state index contributed by atoms with van der Waals surface area (Å²) < 4.78 is 5.51. The highest BCUT2D eigenvalue weighted by Crippen LogP contribution is 2.20. The van der Waals surface area contributed by atoms with Crippen LogP contribution in [0.3, 0.4) is 0 Å². The Morgan fingerprint density at radius 1 is 0.295 bits per heavy atom. The molecule has 0 aliphatic heterocycles. The van der Waals surface area contributed by atoms with E-state index < -0.39 is 12.1 Å². The molecule has 0 aromatic rings. The molecule has 0 aromatic heterocycles. The summed E-state index contributed by atoms with van der Waals surface area (Å²) in [6, 6.07) is -0.627. The van der Waals surface area contributed by atoms with Crippen molar-refractivity contribution in [3.8, 4) is 0 Å². The number of allylic oxidation sites excluding steroid dienone is 7. The van der Waals surface area contributed by atoms with Gasteiger partial charge < -0.3 is 20.3 Å². The number of unbranched alkanes of at least 4 members (excludes halogenated alkanes) is 65. The summed E-state index contributed by atoms with van der Waals surface area (Å²) >= 11 is 0. The largest absolute Gasteiger partial charge is 0.466 e. The van der Waals surface area contributed by atoms with Gasteiger partial charge in [0.25, 0.3) is 0 Å². The van der Waals surface area contributed by atoms with Gasteiger partial charge in [0, 0.05) is 12.8 Å². The Labute approximate surface area is 595 Å². The van der Waals surface area contributed by atoms with Crippen LogP contribution in [-0.2, 0) is 14.3 Å². The van der Waals surface area contributed by atoms with Crippen molar-refractivity contribution in [3.63, 3.8) is 0 Å². The number of nitrogens with one attached hydrogen (secondary N) is 1. The second-order valence-electron chi connectivity index (χ2n) is 29.9. The van der Waals surface area contributed by atoms with Gasteiger partial charge in [0.05, 0.1) is 25.4 Å². The molecule has 0 spiro atoms. The van der Waals surface area contributed by atoms with Crippen LogP contribution in [0.5, 0.6) is 0 Å². The van der Waals surface area contributed by atoms with E-state index in [9.17, 15) is 19.8 Å². The Kier molecular flexibility index (Phi) is 82.3. The highest BCUT2D eigenvalue weighted by molar-refractivity contribution is 5.76. The lowest BCUT2D eigenvalue weighted by molar-refractivity contribution is -0.143. The zero-order valence-electron chi connectivity index (χ0n) is 64.4. The summed E-state index contributed by atoms with van der Waals surface area (Å²) in [6.07, 6.45) is 113. The van der Waals surface area contributed by atoms with Crippen LogP contribution in [0.25, 0.3) is 0 Å². The first kappa shape index (κ1) is 92.8. The lowest BCUT2D eigenvalue weighted by Crippen LogP contribution is -2.45. The molecule has 0 aliphatic carbocycles. The Bertz CT molecular complexity index is 1590. The number of rotatable bonds is 82. The van der Waals surface area contributed by atoms with E-state index in [2.05, 4.69) is 55.6 Å². The molecule has 0 aliphatic rings. The summed E-state index contributed by atoms with van der Waals surface area (Å²) in [6.45, 7) is 4.93. The molecule has 0 rings (SSSR count). The molecule has 2 atom stereocenters. The highest BCUT2D eigenvalue weighted by atomic mass is 16.5. The van der Waals surface area contributed by atoms with Crippen LogP contribution in [-0.4, -0.2) is 47.4 Å². The van der Waals surface area contributed by atoms with Crippen LogP contribution in [0.2, 0.25) is 0 Å². The quantitative estimate of drug-likeness (QED) is 0.0320. The number of carbonyl (C=O) groups excluding carboxylic acids is 2. The van der Waals surface area contributed by atoms with Crippen molar-refractivity contribution in [2.75, 3.05) is 13.2 Å². The monoisotopic (exact) mass is 1330 g/mol. The van der Waals surface area contributed by atoms with Gasteiger partial charge in [0.2, 0.25) is 5.91 Å². The van der Waals surface area contributed by atoms with Crippen LogP contribution >= 0.6 is 0 Å². The van der Waals surface area contributed by atoms with Crippen molar-refractivity contribution >= 4 is 11.9 Å². The van der Waals surface area contributed by atoms with E-state index in [1.165, 1.54) is 405 Å². The molecule has 2 unspecified atom stereocenters. The van der Waals surface area contributed by atoms with E-state index in [1.54, 1.807) is 6.08 Å². The number of hydrogen-bond acceptors (Lipinski definition) is 5.